The average molecular weight is 341 g/mol. The Balaban J connectivity index is 0.00000180. The topological polar surface area (TPSA) is 44.4 Å². The van der Waals surface area contributed by atoms with E-state index >= 15 is 0 Å². The quantitative estimate of drug-likeness (QED) is 0.885. The number of hydrogen-bond acceptors (Lipinski definition) is 3. The van der Waals surface area contributed by atoms with Gasteiger partial charge in [-0.3, -0.25) is 4.79 Å². The Morgan fingerprint density at radius 1 is 1.30 bits per heavy atom. The van der Waals surface area contributed by atoms with Crippen molar-refractivity contribution in [2.75, 3.05) is 38.0 Å². The molecule has 0 aliphatic carbocycles. The highest BCUT2D eigenvalue weighted by atomic mass is 35.5. The molecule has 20 heavy (non-hydrogen) atoms. The lowest BCUT2D eigenvalue weighted by molar-refractivity contribution is -0.116. The molecular weight excluding hydrogens is 321 g/mol. The minimum Gasteiger partial charge on any atom is -0.326 e. The number of anilines is 1. The Morgan fingerprint density at radius 2 is 2.00 bits per heavy atom. The lowest BCUT2D eigenvalue weighted by atomic mass is 10.3. The lowest BCUT2D eigenvalue weighted by Crippen LogP contribution is -2.44. The number of rotatable bonds is 4. The van der Waals surface area contributed by atoms with Crippen LogP contribution in [-0.2, 0) is 4.79 Å². The Hall–Kier alpha value is -0.520. The second-order valence-corrected chi connectivity index (χ2v) is 4.84. The fourth-order valence-electron chi connectivity index (χ4n) is 1.98. The van der Waals surface area contributed by atoms with Crippen LogP contribution in [0.15, 0.2) is 24.3 Å². The third-order valence-corrected chi connectivity index (χ3v) is 3.21. The monoisotopic (exact) mass is 339 g/mol. The van der Waals surface area contributed by atoms with Crippen molar-refractivity contribution in [3.63, 3.8) is 0 Å². The van der Waals surface area contributed by atoms with Crippen LogP contribution in [0.25, 0.3) is 0 Å². The number of nitrogens with zero attached hydrogens (tertiary/aromatic N) is 1. The fraction of sp³-hybridized carbons (Fsp3) is 0.462. The Kier molecular flexibility index (Phi) is 9.98. The second kappa shape index (κ2) is 10.2. The van der Waals surface area contributed by atoms with Crippen LogP contribution in [-0.4, -0.2) is 43.5 Å². The maximum absolute atomic E-state index is 11.8. The maximum Gasteiger partial charge on any atom is 0.225 e. The van der Waals surface area contributed by atoms with Gasteiger partial charge in [-0.1, -0.05) is 17.7 Å². The van der Waals surface area contributed by atoms with E-state index in [1.165, 1.54) is 0 Å². The zero-order valence-corrected chi connectivity index (χ0v) is 13.5. The highest BCUT2D eigenvalue weighted by Crippen LogP contribution is 2.14. The van der Waals surface area contributed by atoms with Crippen molar-refractivity contribution in [3.05, 3.63) is 29.3 Å². The summed E-state index contributed by atoms with van der Waals surface area (Å²) >= 11 is 5.86. The molecule has 1 aliphatic rings. The molecule has 1 aromatic carbocycles. The molecule has 1 amide bonds. The van der Waals surface area contributed by atoms with E-state index in [9.17, 15) is 4.79 Å². The molecule has 2 rings (SSSR count). The van der Waals surface area contributed by atoms with Gasteiger partial charge in [0.15, 0.2) is 0 Å². The predicted octanol–water partition coefficient (Wildman–Crippen LogP) is 2.42. The van der Waals surface area contributed by atoms with E-state index in [1.54, 1.807) is 12.1 Å². The summed E-state index contributed by atoms with van der Waals surface area (Å²) in [4.78, 5) is 14.1. The number of halogens is 3. The number of hydrogen-bond donors (Lipinski definition) is 2. The van der Waals surface area contributed by atoms with Crippen LogP contribution in [0.4, 0.5) is 5.69 Å². The Morgan fingerprint density at radius 3 is 2.65 bits per heavy atom. The molecule has 0 unspecified atom stereocenters. The summed E-state index contributed by atoms with van der Waals surface area (Å²) in [6.45, 7) is 4.87. The van der Waals surface area contributed by atoms with Crippen LogP contribution >= 0.6 is 36.4 Å². The van der Waals surface area contributed by atoms with E-state index in [1.807, 2.05) is 12.1 Å². The first-order valence-corrected chi connectivity index (χ1v) is 6.60. The molecule has 7 heteroatoms. The number of benzene rings is 1. The summed E-state index contributed by atoms with van der Waals surface area (Å²) < 4.78 is 0. The van der Waals surface area contributed by atoms with E-state index in [0.29, 0.717) is 11.4 Å². The van der Waals surface area contributed by atoms with Crippen LogP contribution in [0.5, 0.6) is 0 Å². The van der Waals surface area contributed by atoms with Gasteiger partial charge in [-0.05, 0) is 18.2 Å². The Bertz CT molecular complexity index is 412. The van der Waals surface area contributed by atoms with Crippen molar-refractivity contribution in [2.45, 2.75) is 6.42 Å². The average Bonchev–Trinajstić information content (AvgIpc) is 2.38. The van der Waals surface area contributed by atoms with Gasteiger partial charge in [0, 0.05) is 49.9 Å². The number of piperazine rings is 1. The van der Waals surface area contributed by atoms with Gasteiger partial charge in [-0.25, -0.2) is 0 Å². The van der Waals surface area contributed by atoms with Crippen molar-refractivity contribution in [1.82, 2.24) is 10.2 Å². The normalized spacial score (nSPS) is 14.8. The van der Waals surface area contributed by atoms with Crippen molar-refractivity contribution in [1.29, 1.82) is 0 Å². The summed E-state index contributed by atoms with van der Waals surface area (Å²) in [5.74, 6) is 0.0378. The summed E-state index contributed by atoms with van der Waals surface area (Å²) in [7, 11) is 0. The molecule has 1 aromatic rings. The van der Waals surface area contributed by atoms with Gasteiger partial charge in [-0.15, -0.1) is 24.8 Å². The standard InChI is InChI=1S/C13H18ClN3O.2ClH/c14-11-2-1-3-12(10-11)16-13(18)4-7-17-8-5-15-6-9-17;;/h1-3,10,15H,4-9H2,(H,16,18);2*1H. The van der Waals surface area contributed by atoms with E-state index in [4.69, 9.17) is 11.6 Å². The molecule has 0 bridgehead atoms. The highest BCUT2D eigenvalue weighted by Gasteiger charge is 2.11. The molecule has 0 saturated carbocycles. The molecule has 2 N–H and O–H groups in total. The summed E-state index contributed by atoms with van der Waals surface area (Å²) in [5.41, 5.74) is 0.757. The molecule has 0 atom stereocenters. The van der Waals surface area contributed by atoms with Gasteiger partial charge >= 0.3 is 0 Å². The van der Waals surface area contributed by atoms with Crippen molar-refractivity contribution in [2.24, 2.45) is 0 Å². The van der Waals surface area contributed by atoms with E-state index < -0.39 is 0 Å². The molecule has 0 aromatic heterocycles. The molecular formula is C13H20Cl3N3O. The molecule has 114 valence electrons. The third-order valence-electron chi connectivity index (χ3n) is 2.97. The molecule has 0 radical (unpaired) electrons. The highest BCUT2D eigenvalue weighted by molar-refractivity contribution is 6.30. The van der Waals surface area contributed by atoms with Crippen LogP contribution < -0.4 is 10.6 Å². The minimum absolute atomic E-state index is 0. The smallest absolute Gasteiger partial charge is 0.225 e. The first-order chi connectivity index (χ1) is 8.74. The zero-order valence-electron chi connectivity index (χ0n) is 11.1. The molecule has 4 nitrogen and oxygen atoms in total. The molecule has 1 heterocycles. The van der Waals surface area contributed by atoms with Gasteiger partial charge in [0.05, 0.1) is 0 Å². The van der Waals surface area contributed by atoms with Crippen LogP contribution in [0.2, 0.25) is 5.02 Å². The number of carbonyl (C=O) groups is 1. The Labute approximate surface area is 137 Å². The second-order valence-electron chi connectivity index (χ2n) is 4.40. The first-order valence-electron chi connectivity index (χ1n) is 6.22. The van der Waals surface area contributed by atoms with Gasteiger partial charge in [0.2, 0.25) is 5.91 Å². The van der Waals surface area contributed by atoms with E-state index in [0.717, 1.165) is 38.4 Å². The summed E-state index contributed by atoms with van der Waals surface area (Å²) in [6.07, 6.45) is 0.520. The van der Waals surface area contributed by atoms with Crippen molar-refractivity contribution < 1.29 is 4.79 Å². The maximum atomic E-state index is 11.8. The largest absolute Gasteiger partial charge is 0.326 e. The minimum atomic E-state index is 0. The van der Waals surface area contributed by atoms with Crippen LogP contribution in [0, 0.1) is 0 Å². The van der Waals surface area contributed by atoms with Gasteiger partial charge in [-0.2, -0.15) is 0 Å². The van der Waals surface area contributed by atoms with Gasteiger partial charge in [0.1, 0.15) is 0 Å². The fourth-order valence-corrected chi connectivity index (χ4v) is 2.17. The molecule has 1 fully saturated rings. The van der Waals surface area contributed by atoms with E-state index in [2.05, 4.69) is 15.5 Å². The lowest BCUT2D eigenvalue weighted by Gasteiger charge is -2.26. The van der Waals surface area contributed by atoms with Gasteiger partial charge < -0.3 is 15.5 Å². The number of amides is 1. The predicted molar refractivity (Wildman–Crippen MR) is 88.5 cm³/mol. The SMILES string of the molecule is Cl.Cl.O=C(CCN1CCNCC1)Nc1cccc(Cl)c1. The van der Waals surface area contributed by atoms with Crippen molar-refractivity contribution in [3.8, 4) is 0 Å². The third kappa shape index (κ3) is 6.77. The number of carbonyl (C=O) groups excluding carboxylic acids is 1. The van der Waals surface area contributed by atoms with Crippen LogP contribution in [0.1, 0.15) is 6.42 Å². The first kappa shape index (κ1) is 19.5. The van der Waals surface area contributed by atoms with Crippen molar-refractivity contribution >= 4 is 48.0 Å². The summed E-state index contributed by atoms with van der Waals surface area (Å²) in [6, 6.07) is 7.21. The van der Waals surface area contributed by atoms with Crippen LogP contribution in [0.3, 0.4) is 0 Å². The molecule has 0 spiro atoms. The van der Waals surface area contributed by atoms with E-state index in [-0.39, 0.29) is 30.7 Å². The summed E-state index contributed by atoms with van der Waals surface area (Å²) in [5, 5.41) is 6.78. The zero-order chi connectivity index (χ0) is 12.8. The van der Waals surface area contributed by atoms with Gasteiger partial charge in [0.25, 0.3) is 0 Å². The number of nitrogens with one attached hydrogen (secondary N) is 2. The molecule has 1 aliphatic heterocycles. The molecule has 1 saturated heterocycles.